The van der Waals surface area contributed by atoms with E-state index in [4.69, 9.17) is 4.52 Å². The zero-order valence-electron chi connectivity index (χ0n) is 15.4. The molecule has 0 aliphatic rings. The lowest BCUT2D eigenvalue weighted by Crippen LogP contribution is -2.39. The molecule has 0 aliphatic carbocycles. The topological polar surface area (TPSA) is 62.9 Å². The van der Waals surface area contributed by atoms with E-state index in [0.29, 0.717) is 13.1 Å². The minimum absolute atomic E-state index is 0.147. The van der Waals surface area contributed by atoms with Crippen LogP contribution in [-0.4, -0.2) is 43.3 Å². The molecule has 0 bridgehead atoms. The Morgan fingerprint density at radius 3 is 2.54 bits per heavy atom. The third-order valence-electron chi connectivity index (χ3n) is 3.98. The summed E-state index contributed by atoms with van der Waals surface area (Å²) in [6.45, 7) is 2.29. The number of ether oxygens (including phenoxy) is 1. The molecule has 0 amide bonds. The highest BCUT2D eigenvalue weighted by Gasteiger charge is 2.11. The van der Waals surface area contributed by atoms with E-state index < -0.39 is 6.61 Å². The number of nitrogens with zero attached hydrogens (tertiary/aromatic N) is 3. The number of aryl methyl sites for hydroxylation is 2. The minimum atomic E-state index is -2.82. The smallest absolute Gasteiger partial charge is 0.387 e. The van der Waals surface area contributed by atoms with E-state index in [1.54, 1.807) is 19.2 Å². The molecular formula is C18H24F2N4O2. The third kappa shape index (κ3) is 5.44. The summed E-state index contributed by atoms with van der Waals surface area (Å²) >= 11 is 0. The second-order valence-corrected chi connectivity index (χ2v) is 5.91. The molecule has 6 nitrogen and oxygen atoms in total. The number of halogens is 2. The second-order valence-electron chi connectivity index (χ2n) is 5.91. The van der Waals surface area contributed by atoms with Crippen molar-refractivity contribution in [3.63, 3.8) is 0 Å². The van der Waals surface area contributed by atoms with Gasteiger partial charge in [-0.25, -0.2) is 0 Å². The van der Waals surface area contributed by atoms with Gasteiger partial charge in [0.25, 0.3) is 0 Å². The van der Waals surface area contributed by atoms with Crippen LogP contribution < -0.4 is 10.1 Å². The summed E-state index contributed by atoms with van der Waals surface area (Å²) < 4.78 is 33.9. The van der Waals surface area contributed by atoms with Crippen molar-refractivity contribution in [2.75, 3.05) is 20.6 Å². The Labute approximate surface area is 151 Å². The van der Waals surface area contributed by atoms with Gasteiger partial charge in [0.1, 0.15) is 11.5 Å². The van der Waals surface area contributed by atoms with Crippen molar-refractivity contribution in [2.45, 2.75) is 33.4 Å². The molecule has 0 spiro atoms. The maximum Gasteiger partial charge on any atom is 0.387 e. The number of hydrogen-bond acceptors (Lipinski definition) is 4. The number of aromatic nitrogens is 1. The van der Waals surface area contributed by atoms with E-state index in [0.717, 1.165) is 35.0 Å². The van der Waals surface area contributed by atoms with Crippen molar-refractivity contribution in [1.82, 2.24) is 15.4 Å². The summed E-state index contributed by atoms with van der Waals surface area (Å²) in [7, 11) is 3.63. The molecule has 0 saturated carbocycles. The number of benzene rings is 1. The SMILES string of the molecule is CN=C(NCCc1c(C)noc1C)N(C)Cc1ccc(OC(F)F)cc1. The van der Waals surface area contributed by atoms with E-state index in [1.165, 1.54) is 12.1 Å². The predicted molar refractivity (Wildman–Crippen MR) is 95.6 cm³/mol. The maximum absolute atomic E-state index is 12.2. The first-order valence-electron chi connectivity index (χ1n) is 8.28. The van der Waals surface area contributed by atoms with Crippen molar-refractivity contribution in [3.8, 4) is 5.75 Å². The molecule has 0 aliphatic heterocycles. The minimum Gasteiger partial charge on any atom is -0.435 e. The summed E-state index contributed by atoms with van der Waals surface area (Å²) in [5, 5.41) is 7.25. The van der Waals surface area contributed by atoms with Crippen LogP contribution in [0.2, 0.25) is 0 Å². The van der Waals surface area contributed by atoms with Gasteiger partial charge in [0.15, 0.2) is 5.96 Å². The van der Waals surface area contributed by atoms with Crippen LogP contribution in [0.25, 0.3) is 0 Å². The fourth-order valence-corrected chi connectivity index (χ4v) is 2.67. The first-order chi connectivity index (χ1) is 12.4. The van der Waals surface area contributed by atoms with Gasteiger partial charge in [-0.2, -0.15) is 8.78 Å². The molecule has 0 atom stereocenters. The number of aliphatic imine (C=N–C) groups is 1. The normalized spacial score (nSPS) is 11.7. The number of hydrogen-bond donors (Lipinski definition) is 1. The molecule has 0 radical (unpaired) electrons. The third-order valence-corrected chi connectivity index (χ3v) is 3.98. The van der Waals surface area contributed by atoms with Crippen LogP contribution in [0.3, 0.4) is 0 Å². The summed E-state index contributed by atoms with van der Waals surface area (Å²) in [6, 6.07) is 6.57. The molecule has 1 aromatic carbocycles. The van der Waals surface area contributed by atoms with E-state index >= 15 is 0 Å². The first kappa shape index (κ1) is 19.7. The molecular weight excluding hydrogens is 342 g/mol. The summed E-state index contributed by atoms with van der Waals surface area (Å²) in [5.41, 5.74) is 2.96. The number of rotatable bonds is 7. The molecule has 0 saturated heterocycles. The molecule has 1 heterocycles. The van der Waals surface area contributed by atoms with Gasteiger partial charge < -0.3 is 19.5 Å². The lowest BCUT2D eigenvalue weighted by atomic mass is 10.1. The Morgan fingerprint density at radius 2 is 2.00 bits per heavy atom. The van der Waals surface area contributed by atoms with Crippen LogP contribution in [0.5, 0.6) is 5.75 Å². The Kier molecular flexibility index (Phi) is 6.94. The van der Waals surface area contributed by atoms with Gasteiger partial charge in [0.2, 0.25) is 0 Å². The molecule has 26 heavy (non-hydrogen) atoms. The van der Waals surface area contributed by atoms with Gasteiger partial charge in [0.05, 0.1) is 5.69 Å². The van der Waals surface area contributed by atoms with Gasteiger partial charge in [0, 0.05) is 32.7 Å². The second kappa shape index (κ2) is 9.17. The van der Waals surface area contributed by atoms with Crippen LogP contribution >= 0.6 is 0 Å². The predicted octanol–water partition coefficient (Wildman–Crippen LogP) is 3.14. The largest absolute Gasteiger partial charge is 0.435 e. The molecule has 1 aromatic heterocycles. The monoisotopic (exact) mass is 366 g/mol. The van der Waals surface area contributed by atoms with Crippen LogP contribution in [0, 0.1) is 13.8 Å². The van der Waals surface area contributed by atoms with Gasteiger partial charge in [-0.15, -0.1) is 0 Å². The summed E-state index contributed by atoms with van der Waals surface area (Å²) in [4.78, 5) is 6.23. The quantitative estimate of drug-likeness (QED) is 0.602. The Bertz CT molecular complexity index is 710. The van der Waals surface area contributed by atoms with E-state index in [-0.39, 0.29) is 5.75 Å². The molecule has 142 valence electrons. The molecule has 0 unspecified atom stereocenters. The highest BCUT2D eigenvalue weighted by Crippen LogP contribution is 2.16. The maximum atomic E-state index is 12.2. The van der Waals surface area contributed by atoms with Crippen LogP contribution in [-0.2, 0) is 13.0 Å². The van der Waals surface area contributed by atoms with Gasteiger partial charge in [-0.3, -0.25) is 4.99 Å². The van der Waals surface area contributed by atoms with E-state index in [1.807, 2.05) is 25.8 Å². The fourth-order valence-electron chi connectivity index (χ4n) is 2.67. The molecule has 8 heteroatoms. The van der Waals surface area contributed by atoms with E-state index in [9.17, 15) is 8.78 Å². The van der Waals surface area contributed by atoms with Gasteiger partial charge in [-0.05, 0) is 38.0 Å². The van der Waals surface area contributed by atoms with Gasteiger partial charge >= 0.3 is 6.61 Å². The van der Waals surface area contributed by atoms with Crippen molar-refractivity contribution in [2.24, 2.45) is 4.99 Å². The highest BCUT2D eigenvalue weighted by atomic mass is 19.3. The van der Waals surface area contributed by atoms with Crippen molar-refractivity contribution < 1.29 is 18.0 Å². The van der Waals surface area contributed by atoms with Crippen molar-refractivity contribution >= 4 is 5.96 Å². The van der Waals surface area contributed by atoms with Crippen molar-refractivity contribution in [1.29, 1.82) is 0 Å². The van der Waals surface area contributed by atoms with Gasteiger partial charge in [-0.1, -0.05) is 17.3 Å². The average Bonchev–Trinajstić information content (AvgIpc) is 2.91. The molecule has 2 rings (SSSR count). The van der Waals surface area contributed by atoms with Crippen LogP contribution in [0.1, 0.15) is 22.6 Å². The van der Waals surface area contributed by atoms with Crippen LogP contribution in [0.15, 0.2) is 33.8 Å². The highest BCUT2D eigenvalue weighted by molar-refractivity contribution is 5.79. The first-order valence-corrected chi connectivity index (χ1v) is 8.28. The number of alkyl halides is 2. The zero-order valence-corrected chi connectivity index (χ0v) is 15.4. The Morgan fingerprint density at radius 1 is 1.31 bits per heavy atom. The number of nitrogens with one attached hydrogen (secondary N) is 1. The lowest BCUT2D eigenvalue weighted by molar-refractivity contribution is -0.0498. The van der Waals surface area contributed by atoms with Crippen molar-refractivity contribution in [3.05, 3.63) is 46.8 Å². The molecule has 0 fully saturated rings. The van der Waals surface area contributed by atoms with E-state index in [2.05, 4.69) is 20.2 Å². The zero-order chi connectivity index (χ0) is 19.1. The summed E-state index contributed by atoms with van der Waals surface area (Å²) in [6.07, 6.45) is 0.785. The van der Waals surface area contributed by atoms with Crippen LogP contribution in [0.4, 0.5) is 8.78 Å². The summed E-state index contributed by atoms with van der Waals surface area (Å²) in [5.74, 6) is 1.72. The standard InChI is InChI=1S/C18H24F2N4O2/c1-12-16(13(2)26-23-12)9-10-22-18(21-3)24(4)11-14-5-7-15(8-6-14)25-17(19)20/h5-8,17H,9-11H2,1-4H3,(H,21,22). The Hall–Kier alpha value is -2.64. The number of guanidine groups is 1. The molecule has 1 N–H and O–H groups in total. The average molecular weight is 366 g/mol. The fraction of sp³-hybridized carbons (Fsp3) is 0.444. The Balaban J connectivity index is 1.87. The molecule has 2 aromatic rings. The lowest BCUT2D eigenvalue weighted by Gasteiger charge is -2.22.